The first-order valence-electron chi connectivity index (χ1n) is 9.18. The molecule has 7 nitrogen and oxygen atoms in total. The minimum atomic E-state index is -0.231. The van der Waals surface area contributed by atoms with Gasteiger partial charge in [0.2, 0.25) is 11.8 Å². The first kappa shape index (κ1) is 18.3. The molecule has 2 atom stereocenters. The Morgan fingerprint density at radius 2 is 2.16 bits per heavy atom. The fourth-order valence-electron chi connectivity index (χ4n) is 3.30. The van der Waals surface area contributed by atoms with Crippen LogP contribution in [0.15, 0.2) is 4.52 Å². The number of carbonyl (C=O) groups is 1. The maximum atomic E-state index is 12.1. The predicted octanol–water partition coefficient (Wildman–Crippen LogP) is 2.17. The summed E-state index contributed by atoms with van der Waals surface area (Å²) in [7, 11) is 0. The molecule has 0 aliphatic carbocycles. The van der Waals surface area contributed by atoms with E-state index in [1.165, 1.54) is 0 Å². The van der Waals surface area contributed by atoms with Gasteiger partial charge in [-0.1, -0.05) is 19.0 Å². The fourth-order valence-corrected chi connectivity index (χ4v) is 3.30. The Balaban J connectivity index is 1.57. The van der Waals surface area contributed by atoms with Gasteiger partial charge in [-0.2, -0.15) is 4.98 Å². The van der Waals surface area contributed by atoms with Gasteiger partial charge in [0, 0.05) is 25.4 Å². The Morgan fingerprint density at radius 1 is 1.36 bits per heavy atom. The van der Waals surface area contributed by atoms with Crippen LogP contribution in [0.1, 0.15) is 58.2 Å². The van der Waals surface area contributed by atoms with Gasteiger partial charge in [0.05, 0.1) is 31.3 Å². The molecule has 2 unspecified atom stereocenters. The second kappa shape index (κ2) is 7.41. The molecule has 7 heteroatoms. The molecule has 3 rings (SSSR count). The van der Waals surface area contributed by atoms with E-state index >= 15 is 0 Å². The Hall–Kier alpha value is -1.47. The molecule has 2 aliphatic rings. The molecule has 1 aromatic heterocycles. The Bertz CT molecular complexity index is 589. The summed E-state index contributed by atoms with van der Waals surface area (Å²) < 4.78 is 17.0. The normalized spacial score (nSPS) is 27.1. The van der Waals surface area contributed by atoms with Crippen molar-refractivity contribution in [3.8, 4) is 0 Å². The Labute approximate surface area is 149 Å². The summed E-state index contributed by atoms with van der Waals surface area (Å²) in [6, 6.07) is 0. The highest BCUT2D eigenvalue weighted by molar-refractivity contribution is 5.77. The van der Waals surface area contributed by atoms with E-state index < -0.39 is 0 Å². The number of ether oxygens (including phenoxy) is 2. The van der Waals surface area contributed by atoms with E-state index in [2.05, 4.69) is 24.0 Å². The van der Waals surface area contributed by atoms with Crippen molar-refractivity contribution in [2.24, 2.45) is 5.92 Å². The first-order valence-corrected chi connectivity index (χ1v) is 9.18. The molecule has 0 spiro atoms. The number of likely N-dealkylation sites (tertiary alicyclic amines) is 1. The van der Waals surface area contributed by atoms with Gasteiger partial charge in [-0.05, 0) is 26.2 Å². The van der Waals surface area contributed by atoms with Crippen molar-refractivity contribution in [3.63, 3.8) is 0 Å². The monoisotopic (exact) mass is 351 g/mol. The summed E-state index contributed by atoms with van der Waals surface area (Å²) in [5, 5.41) is 4.15. The van der Waals surface area contributed by atoms with Gasteiger partial charge in [0.25, 0.3) is 0 Å². The summed E-state index contributed by atoms with van der Waals surface area (Å²) in [5.41, 5.74) is -0.231. The van der Waals surface area contributed by atoms with Crippen LogP contribution >= 0.6 is 0 Å². The number of amides is 1. The van der Waals surface area contributed by atoms with Gasteiger partial charge in [-0.3, -0.25) is 4.79 Å². The third kappa shape index (κ3) is 4.79. The molecule has 0 aromatic carbocycles. The van der Waals surface area contributed by atoms with E-state index in [4.69, 9.17) is 14.0 Å². The number of hydrogen-bond donors (Lipinski definition) is 0. The summed E-state index contributed by atoms with van der Waals surface area (Å²) in [4.78, 5) is 18.5. The molecule has 2 aliphatic heterocycles. The zero-order valence-electron chi connectivity index (χ0n) is 15.7. The van der Waals surface area contributed by atoms with Crippen LogP contribution < -0.4 is 0 Å². The number of carbonyl (C=O) groups excluding carboxylic acids is 1. The maximum absolute atomic E-state index is 12.1. The van der Waals surface area contributed by atoms with Crippen LogP contribution in [0.4, 0.5) is 0 Å². The minimum absolute atomic E-state index is 0.0494. The van der Waals surface area contributed by atoms with Crippen LogP contribution in [0.2, 0.25) is 0 Å². The highest BCUT2D eigenvalue weighted by atomic mass is 16.6. The molecule has 140 valence electrons. The van der Waals surface area contributed by atoms with Crippen LogP contribution in [-0.4, -0.2) is 59.0 Å². The van der Waals surface area contributed by atoms with Crippen LogP contribution in [0.3, 0.4) is 0 Å². The van der Waals surface area contributed by atoms with Crippen molar-refractivity contribution in [2.45, 2.75) is 64.6 Å². The molecule has 2 saturated heterocycles. The van der Waals surface area contributed by atoms with E-state index in [9.17, 15) is 4.79 Å². The van der Waals surface area contributed by atoms with E-state index in [1.54, 1.807) is 0 Å². The third-order valence-corrected chi connectivity index (χ3v) is 4.66. The van der Waals surface area contributed by atoms with Crippen molar-refractivity contribution in [1.82, 2.24) is 15.0 Å². The lowest BCUT2D eigenvalue weighted by atomic mass is 9.96. The van der Waals surface area contributed by atoms with Crippen molar-refractivity contribution in [3.05, 3.63) is 11.7 Å². The van der Waals surface area contributed by atoms with Crippen LogP contribution in [-0.2, 0) is 20.7 Å². The van der Waals surface area contributed by atoms with E-state index in [0.717, 1.165) is 13.0 Å². The van der Waals surface area contributed by atoms with Gasteiger partial charge in [-0.25, -0.2) is 0 Å². The van der Waals surface area contributed by atoms with Gasteiger partial charge in [-0.15, -0.1) is 0 Å². The van der Waals surface area contributed by atoms with Crippen molar-refractivity contribution in [1.29, 1.82) is 0 Å². The highest BCUT2D eigenvalue weighted by Gasteiger charge is 2.32. The lowest BCUT2D eigenvalue weighted by Crippen LogP contribution is -2.43. The molecular weight excluding hydrogens is 322 g/mol. The van der Waals surface area contributed by atoms with Crippen molar-refractivity contribution < 1.29 is 18.8 Å². The van der Waals surface area contributed by atoms with E-state index in [-0.39, 0.29) is 23.5 Å². The molecular formula is C18H29N3O4. The molecule has 3 heterocycles. The maximum Gasteiger partial charge on any atom is 0.229 e. The topological polar surface area (TPSA) is 77.7 Å². The Kier molecular flexibility index (Phi) is 5.43. The number of hydrogen-bond acceptors (Lipinski definition) is 6. The zero-order chi connectivity index (χ0) is 18.0. The lowest BCUT2D eigenvalue weighted by Gasteiger charge is -2.34. The standard InChI is InChI=1S/C18H29N3O4/c1-12(2)8-21-9-13(5-6-16(21)22)17-19-15(25-20-17)7-14-10-24-18(3,4)11-23-14/h12-14H,5-11H2,1-4H3. The van der Waals surface area contributed by atoms with Gasteiger partial charge < -0.3 is 18.9 Å². The fraction of sp³-hybridized carbons (Fsp3) is 0.833. The molecule has 0 radical (unpaired) electrons. The molecule has 1 aromatic rings. The van der Waals surface area contributed by atoms with E-state index in [0.29, 0.717) is 50.2 Å². The second-order valence-corrected chi connectivity index (χ2v) is 8.18. The average Bonchev–Trinajstić information content (AvgIpc) is 3.00. The number of nitrogens with zero attached hydrogens (tertiary/aromatic N) is 3. The second-order valence-electron chi connectivity index (χ2n) is 8.18. The van der Waals surface area contributed by atoms with Gasteiger partial charge in [0.15, 0.2) is 5.82 Å². The molecule has 1 amide bonds. The number of rotatable bonds is 5. The van der Waals surface area contributed by atoms with Crippen LogP contribution in [0, 0.1) is 5.92 Å². The minimum Gasteiger partial charge on any atom is -0.372 e. The Morgan fingerprint density at radius 3 is 2.84 bits per heavy atom. The molecule has 0 saturated carbocycles. The predicted molar refractivity (Wildman–Crippen MR) is 91.2 cm³/mol. The zero-order valence-corrected chi connectivity index (χ0v) is 15.7. The quantitative estimate of drug-likeness (QED) is 0.809. The summed E-state index contributed by atoms with van der Waals surface area (Å²) in [6.07, 6.45) is 1.84. The molecule has 0 bridgehead atoms. The third-order valence-electron chi connectivity index (χ3n) is 4.66. The molecule has 2 fully saturated rings. The van der Waals surface area contributed by atoms with Crippen molar-refractivity contribution >= 4 is 5.91 Å². The van der Waals surface area contributed by atoms with Crippen molar-refractivity contribution in [2.75, 3.05) is 26.3 Å². The SMILES string of the molecule is CC(C)CN1CC(c2noc(CC3COC(C)(C)CO3)n2)CCC1=O. The van der Waals surface area contributed by atoms with Crippen LogP contribution in [0.5, 0.6) is 0 Å². The summed E-state index contributed by atoms with van der Waals surface area (Å²) in [5.74, 6) is 2.11. The molecule has 25 heavy (non-hydrogen) atoms. The summed E-state index contributed by atoms with van der Waals surface area (Å²) >= 11 is 0. The number of piperidine rings is 1. The van der Waals surface area contributed by atoms with Gasteiger partial charge >= 0.3 is 0 Å². The average molecular weight is 351 g/mol. The number of aromatic nitrogens is 2. The summed E-state index contributed by atoms with van der Waals surface area (Å²) in [6.45, 7) is 10.8. The van der Waals surface area contributed by atoms with E-state index in [1.807, 2.05) is 18.7 Å². The van der Waals surface area contributed by atoms with Crippen LogP contribution in [0.25, 0.3) is 0 Å². The first-order chi connectivity index (χ1) is 11.8. The highest BCUT2D eigenvalue weighted by Crippen LogP contribution is 2.27. The van der Waals surface area contributed by atoms with Gasteiger partial charge in [0.1, 0.15) is 0 Å². The smallest absolute Gasteiger partial charge is 0.229 e. The largest absolute Gasteiger partial charge is 0.372 e. The lowest BCUT2D eigenvalue weighted by molar-refractivity contribution is -0.175. The molecule has 0 N–H and O–H groups in total.